The molecule has 0 bridgehead atoms. The summed E-state index contributed by atoms with van der Waals surface area (Å²) in [5.74, 6) is -1.68. The number of benzene rings is 2. The number of halogens is 1. The van der Waals surface area contributed by atoms with Crippen LogP contribution >= 0.6 is 0 Å². The maximum absolute atomic E-state index is 15.1. The highest BCUT2D eigenvalue weighted by Gasteiger charge is 2.21. The number of hydrogen-bond acceptors (Lipinski definition) is 6. The number of esters is 2. The molecule has 3 rings (SSSR count). The Morgan fingerprint density at radius 3 is 2.47 bits per heavy atom. The van der Waals surface area contributed by atoms with E-state index >= 15 is 4.39 Å². The first-order valence-electron chi connectivity index (χ1n) is 11.1. The van der Waals surface area contributed by atoms with Crippen LogP contribution in [0.15, 0.2) is 48.5 Å². The van der Waals surface area contributed by atoms with Gasteiger partial charge in [-0.3, -0.25) is 4.68 Å². The molecule has 0 unspecified atom stereocenters. The number of aliphatic hydroxyl groups excluding tert-OH is 1. The van der Waals surface area contributed by atoms with Gasteiger partial charge in [0.25, 0.3) is 0 Å². The van der Waals surface area contributed by atoms with Crippen molar-refractivity contribution >= 4 is 11.9 Å². The summed E-state index contributed by atoms with van der Waals surface area (Å²) in [6, 6.07) is 13.3. The highest BCUT2D eigenvalue weighted by Crippen LogP contribution is 2.28. The largest absolute Gasteiger partial charge is 0.456 e. The van der Waals surface area contributed by atoms with E-state index in [4.69, 9.17) is 9.84 Å². The van der Waals surface area contributed by atoms with Gasteiger partial charge in [0, 0.05) is 11.3 Å². The Labute approximate surface area is 198 Å². The van der Waals surface area contributed by atoms with Crippen LogP contribution in [0.5, 0.6) is 0 Å². The van der Waals surface area contributed by atoms with E-state index in [1.54, 1.807) is 67.9 Å². The molecular formula is C26H29FN2O5. The van der Waals surface area contributed by atoms with Crippen molar-refractivity contribution in [3.05, 3.63) is 76.9 Å². The number of rotatable bonds is 8. The lowest BCUT2D eigenvalue weighted by molar-refractivity contribution is 0.00533. The zero-order valence-corrected chi connectivity index (χ0v) is 19.8. The summed E-state index contributed by atoms with van der Waals surface area (Å²) in [4.78, 5) is 24.6. The second-order valence-electron chi connectivity index (χ2n) is 8.84. The van der Waals surface area contributed by atoms with Crippen LogP contribution in [-0.2, 0) is 22.4 Å². The van der Waals surface area contributed by atoms with E-state index in [9.17, 15) is 9.59 Å². The second kappa shape index (κ2) is 10.6. The lowest BCUT2D eigenvalue weighted by Crippen LogP contribution is -2.24. The molecule has 7 nitrogen and oxygen atoms in total. The molecule has 0 saturated heterocycles. The Bertz CT molecular complexity index is 1180. The Morgan fingerprint density at radius 1 is 1.09 bits per heavy atom. The molecule has 0 radical (unpaired) electrons. The number of aromatic nitrogens is 2. The summed E-state index contributed by atoms with van der Waals surface area (Å²) >= 11 is 0. The van der Waals surface area contributed by atoms with Crippen LogP contribution in [0, 0.1) is 5.82 Å². The van der Waals surface area contributed by atoms with E-state index in [0.717, 1.165) is 12.1 Å². The molecule has 1 heterocycles. The molecule has 8 heteroatoms. The first-order chi connectivity index (χ1) is 16.1. The number of carbonyl (C=O) groups is 2. The fourth-order valence-electron chi connectivity index (χ4n) is 3.53. The van der Waals surface area contributed by atoms with Crippen LogP contribution in [0.4, 0.5) is 4.39 Å². The SMILES string of the molecule is CCCc1cc(C(=O)OCO)nn1Cc1ccc(-c2ccccc2C(=O)OC(C)(C)C)cc1F. The van der Waals surface area contributed by atoms with Gasteiger partial charge in [-0.2, -0.15) is 5.10 Å². The molecule has 2 aromatic carbocycles. The molecule has 0 fully saturated rings. The molecule has 34 heavy (non-hydrogen) atoms. The quantitative estimate of drug-likeness (QED) is 0.379. The van der Waals surface area contributed by atoms with Gasteiger partial charge in [0.1, 0.15) is 11.4 Å². The van der Waals surface area contributed by atoms with Crippen LogP contribution in [0.3, 0.4) is 0 Å². The Kier molecular flexibility index (Phi) is 7.83. The molecule has 3 aromatic rings. The summed E-state index contributed by atoms with van der Waals surface area (Å²) in [7, 11) is 0. The minimum Gasteiger partial charge on any atom is -0.456 e. The predicted molar refractivity (Wildman–Crippen MR) is 125 cm³/mol. The third-order valence-corrected chi connectivity index (χ3v) is 5.00. The molecule has 0 aliphatic rings. The molecule has 0 saturated carbocycles. The molecule has 0 aliphatic heterocycles. The Hall–Kier alpha value is -3.52. The van der Waals surface area contributed by atoms with E-state index in [1.807, 2.05) is 6.92 Å². The summed E-state index contributed by atoms with van der Waals surface area (Å²) in [6.07, 6.45) is 1.45. The van der Waals surface area contributed by atoms with Crippen molar-refractivity contribution in [2.75, 3.05) is 6.79 Å². The van der Waals surface area contributed by atoms with Gasteiger partial charge in [-0.05, 0) is 56.5 Å². The molecule has 1 aromatic heterocycles. The lowest BCUT2D eigenvalue weighted by atomic mass is 9.98. The van der Waals surface area contributed by atoms with Gasteiger partial charge in [0.15, 0.2) is 12.5 Å². The van der Waals surface area contributed by atoms with Crippen LogP contribution in [0.1, 0.15) is 66.2 Å². The molecular weight excluding hydrogens is 439 g/mol. The monoisotopic (exact) mass is 468 g/mol. The van der Waals surface area contributed by atoms with Crippen molar-refractivity contribution in [1.29, 1.82) is 0 Å². The maximum Gasteiger partial charge on any atom is 0.360 e. The van der Waals surface area contributed by atoms with Gasteiger partial charge in [0.05, 0.1) is 12.1 Å². The number of nitrogens with zero attached hydrogens (tertiary/aromatic N) is 2. The highest BCUT2D eigenvalue weighted by molar-refractivity contribution is 5.97. The van der Waals surface area contributed by atoms with Crippen LogP contribution in [0.2, 0.25) is 0 Å². The van der Waals surface area contributed by atoms with E-state index < -0.39 is 30.1 Å². The summed E-state index contributed by atoms with van der Waals surface area (Å²) in [5.41, 5.74) is 2.01. The highest BCUT2D eigenvalue weighted by atomic mass is 19.1. The van der Waals surface area contributed by atoms with E-state index in [2.05, 4.69) is 9.84 Å². The normalized spacial score (nSPS) is 11.4. The van der Waals surface area contributed by atoms with Gasteiger partial charge >= 0.3 is 11.9 Å². The molecule has 1 N–H and O–H groups in total. The van der Waals surface area contributed by atoms with Crippen molar-refractivity contribution in [3.63, 3.8) is 0 Å². The van der Waals surface area contributed by atoms with Gasteiger partial charge in [-0.25, -0.2) is 14.0 Å². The van der Waals surface area contributed by atoms with Gasteiger partial charge in [-0.1, -0.05) is 43.7 Å². The fourth-order valence-corrected chi connectivity index (χ4v) is 3.53. The minimum atomic E-state index is -0.742. The summed E-state index contributed by atoms with van der Waals surface area (Å²) in [5, 5.41) is 13.1. The zero-order chi connectivity index (χ0) is 24.9. The fraction of sp³-hybridized carbons (Fsp3) is 0.346. The van der Waals surface area contributed by atoms with Crippen LogP contribution in [0.25, 0.3) is 11.1 Å². The smallest absolute Gasteiger partial charge is 0.360 e. The van der Waals surface area contributed by atoms with Crippen molar-refractivity contribution in [3.8, 4) is 11.1 Å². The molecule has 180 valence electrons. The minimum absolute atomic E-state index is 0.0563. The van der Waals surface area contributed by atoms with Crippen molar-refractivity contribution < 1.29 is 28.6 Å². The number of aliphatic hydroxyl groups is 1. The van der Waals surface area contributed by atoms with Crippen LogP contribution in [-0.4, -0.2) is 39.2 Å². The third-order valence-electron chi connectivity index (χ3n) is 5.00. The number of ether oxygens (including phenoxy) is 2. The van der Waals surface area contributed by atoms with E-state index in [0.29, 0.717) is 28.7 Å². The Morgan fingerprint density at radius 2 is 1.82 bits per heavy atom. The first kappa shape index (κ1) is 25.1. The zero-order valence-electron chi connectivity index (χ0n) is 19.8. The lowest BCUT2D eigenvalue weighted by Gasteiger charge is -2.20. The van der Waals surface area contributed by atoms with Crippen molar-refractivity contribution in [2.45, 2.75) is 52.7 Å². The van der Waals surface area contributed by atoms with Crippen molar-refractivity contribution in [1.82, 2.24) is 9.78 Å². The van der Waals surface area contributed by atoms with E-state index in [1.165, 1.54) is 6.07 Å². The van der Waals surface area contributed by atoms with Gasteiger partial charge in [-0.15, -0.1) is 0 Å². The molecule has 0 spiro atoms. The number of hydrogen-bond donors (Lipinski definition) is 1. The first-order valence-corrected chi connectivity index (χ1v) is 11.1. The van der Waals surface area contributed by atoms with Crippen LogP contribution < -0.4 is 0 Å². The third kappa shape index (κ3) is 6.08. The topological polar surface area (TPSA) is 90.6 Å². The Balaban J connectivity index is 1.90. The molecule has 0 atom stereocenters. The predicted octanol–water partition coefficient (Wildman–Crippen LogP) is 4.75. The maximum atomic E-state index is 15.1. The summed E-state index contributed by atoms with van der Waals surface area (Å²) < 4.78 is 26.8. The average molecular weight is 469 g/mol. The molecule has 0 amide bonds. The van der Waals surface area contributed by atoms with Gasteiger partial charge < -0.3 is 14.6 Å². The average Bonchev–Trinajstić information content (AvgIpc) is 3.17. The van der Waals surface area contributed by atoms with Gasteiger partial charge in [0.2, 0.25) is 0 Å². The molecule has 0 aliphatic carbocycles. The van der Waals surface area contributed by atoms with E-state index in [-0.39, 0.29) is 12.2 Å². The number of aryl methyl sites for hydroxylation is 1. The number of carbonyl (C=O) groups excluding carboxylic acids is 2. The standard InChI is InChI=1S/C26H29FN2O5/c1-5-8-19-14-23(25(32)33-16-30)28-29(19)15-18-12-11-17(13-22(18)27)20-9-6-7-10-21(20)24(31)34-26(2,3)4/h6-7,9-14,30H,5,8,15-16H2,1-4H3. The summed E-state index contributed by atoms with van der Waals surface area (Å²) in [6.45, 7) is 6.73. The second-order valence-corrected chi connectivity index (χ2v) is 8.84. The van der Waals surface area contributed by atoms with Crippen molar-refractivity contribution in [2.24, 2.45) is 0 Å².